The Hall–Kier alpha value is -0.980. The molecule has 0 aliphatic rings. The minimum absolute atomic E-state index is 0. The summed E-state index contributed by atoms with van der Waals surface area (Å²) in [5.74, 6) is 1.35. The van der Waals surface area contributed by atoms with E-state index in [0.29, 0.717) is 19.1 Å². The van der Waals surface area contributed by atoms with Crippen LogP contribution in [-0.4, -0.2) is 25.7 Å². The average molecular weight is 349 g/mol. The summed E-state index contributed by atoms with van der Waals surface area (Å²) < 4.78 is 5.49. The molecule has 0 atom stereocenters. The van der Waals surface area contributed by atoms with E-state index in [1.54, 1.807) is 0 Å². The summed E-state index contributed by atoms with van der Waals surface area (Å²) >= 11 is 0. The molecule has 1 aromatic rings. The fourth-order valence-electron chi connectivity index (χ4n) is 1.15. The summed E-state index contributed by atoms with van der Waals surface area (Å²) in [4.78, 5) is 4.11. The summed E-state index contributed by atoms with van der Waals surface area (Å²) in [6.07, 6.45) is 1.00. The van der Waals surface area contributed by atoms with E-state index in [4.69, 9.17) is 10.5 Å². The summed E-state index contributed by atoms with van der Waals surface area (Å²) in [6.45, 7) is 4.06. The molecular weight excluding hydrogens is 329 g/mol. The molecule has 1 rings (SSSR count). The first kappa shape index (κ1) is 16.0. The van der Waals surface area contributed by atoms with Gasteiger partial charge in [-0.1, -0.05) is 25.1 Å². The number of nitrogens with one attached hydrogen (secondary N) is 1. The van der Waals surface area contributed by atoms with Gasteiger partial charge in [-0.05, 0) is 18.6 Å². The van der Waals surface area contributed by atoms with Crippen molar-refractivity contribution in [3.8, 4) is 5.75 Å². The zero-order chi connectivity index (χ0) is 11.6. The minimum Gasteiger partial charge on any atom is -0.492 e. The number of rotatable bonds is 6. The average Bonchev–Trinajstić information content (AvgIpc) is 2.33. The van der Waals surface area contributed by atoms with Crippen molar-refractivity contribution >= 4 is 29.9 Å². The topological polar surface area (TPSA) is 59.6 Å². The van der Waals surface area contributed by atoms with Gasteiger partial charge in [0.15, 0.2) is 5.96 Å². The van der Waals surface area contributed by atoms with Gasteiger partial charge < -0.3 is 15.8 Å². The molecule has 3 N–H and O–H groups in total. The molecule has 5 heteroatoms. The molecule has 1 aromatic carbocycles. The maximum atomic E-state index is 5.62. The van der Waals surface area contributed by atoms with Gasteiger partial charge in [-0.25, -0.2) is 0 Å². The van der Waals surface area contributed by atoms with Crippen LogP contribution in [0.4, 0.5) is 0 Å². The molecule has 0 radical (unpaired) electrons. The van der Waals surface area contributed by atoms with Gasteiger partial charge in [0.2, 0.25) is 0 Å². The molecule has 0 bridgehead atoms. The van der Waals surface area contributed by atoms with Gasteiger partial charge in [0.25, 0.3) is 0 Å². The molecule has 4 nitrogen and oxygen atoms in total. The Bertz CT molecular complexity index is 317. The first-order valence-electron chi connectivity index (χ1n) is 5.54. The standard InChI is InChI=1S/C12H19N3O.HI/c1-2-8-14-12(13)15-9-10-16-11-6-4-3-5-7-11;/h3-7H,2,8-10H2,1H3,(H3,13,14,15);1H. The monoisotopic (exact) mass is 349 g/mol. The molecule has 96 valence electrons. The van der Waals surface area contributed by atoms with Crippen molar-refractivity contribution in [1.82, 2.24) is 5.32 Å². The van der Waals surface area contributed by atoms with Gasteiger partial charge in [0.1, 0.15) is 12.4 Å². The molecule has 0 spiro atoms. The number of benzene rings is 1. The molecule has 17 heavy (non-hydrogen) atoms. The molecule has 0 aromatic heterocycles. The summed E-state index contributed by atoms with van der Waals surface area (Å²) in [5.41, 5.74) is 5.62. The quantitative estimate of drug-likeness (QED) is 0.357. The second-order valence-corrected chi connectivity index (χ2v) is 3.36. The third-order valence-electron chi connectivity index (χ3n) is 1.93. The number of ether oxygens (including phenoxy) is 1. The van der Waals surface area contributed by atoms with Crippen LogP contribution >= 0.6 is 24.0 Å². The molecule has 0 heterocycles. The largest absolute Gasteiger partial charge is 0.492 e. The number of hydrogen-bond acceptors (Lipinski definition) is 2. The van der Waals surface area contributed by atoms with Gasteiger partial charge in [-0.15, -0.1) is 24.0 Å². The number of nitrogens with two attached hydrogens (primary N) is 1. The lowest BCUT2D eigenvalue weighted by Crippen LogP contribution is -2.34. The van der Waals surface area contributed by atoms with Crippen LogP contribution in [0, 0.1) is 0 Å². The van der Waals surface area contributed by atoms with Gasteiger partial charge >= 0.3 is 0 Å². The zero-order valence-electron chi connectivity index (χ0n) is 10.1. The first-order chi connectivity index (χ1) is 7.83. The van der Waals surface area contributed by atoms with E-state index in [1.165, 1.54) is 0 Å². The minimum atomic E-state index is 0. The summed E-state index contributed by atoms with van der Waals surface area (Å²) in [7, 11) is 0. The van der Waals surface area contributed by atoms with Crippen LogP contribution < -0.4 is 15.8 Å². The lowest BCUT2D eigenvalue weighted by Gasteiger charge is -2.07. The van der Waals surface area contributed by atoms with E-state index in [1.807, 2.05) is 30.3 Å². The van der Waals surface area contributed by atoms with Crippen molar-refractivity contribution in [2.24, 2.45) is 10.7 Å². The van der Waals surface area contributed by atoms with E-state index in [0.717, 1.165) is 18.7 Å². The Labute approximate surface area is 120 Å². The predicted octanol–water partition coefficient (Wildman–Crippen LogP) is 2.00. The fourth-order valence-corrected chi connectivity index (χ4v) is 1.15. The fraction of sp³-hybridized carbons (Fsp3) is 0.417. The van der Waals surface area contributed by atoms with Crippen molar-refractivity contribution in [2.45, 2.75) is 13.3 Å². The van der Waals surface area contributed by atoms with Crippen LogP contribution in [0.2, 0.25) is 0 Å². The molecule has 0 saturated heterocycles. The van der Waals surface area contributed by atoms with Crippen LogP contribution in [0.3, 0.4) is 0 Å². The number of halogens is 1. The Morgan fingerprint density at radius 2 is 2.06 bits per heavy atom. The molecular formula is C12H20IN3O. The highest BCUT2D eigenvalue weighted by atomic mass is 127. The van der Waals surface area contributed by atoms with Gasteiger partial charge in [-0.3, -0.25) is 4.99 Å². The SMILES string of the molecule is CCCN=C(N)NCCOc1ccccc1.I. The van der Waals surface area contributed by atoms with Crippen LogP contribution in [-0.2, 0) is 0 Å². The van der Waals surface area contributed by atoms with E-state index >= 15 is 0 Å². The maximum absolute atomic E-state index is 5.62. The van der Waals surface area contributed by atoms with E-state index < -0.39 is 0 Å². The molecule has 0 aliphatic carbocycles. The van der Waals surface area contributed by atoms with Crippen LogP contribution in [0.1, 0.15) is 13.3 Å². The van der Waals surface area contributed by atoms with Crippen LogP contribution in [0.5, 0.6) is 5.75 Å². The number of guanidine groups is 1. The number of para-hydroxylation sites is 1. The third kappa shape index (κ3) is 7.84. The first-order valence-corrected chi connectivity index (χ1v) is 5.54. The predicted molar refractivity (Wildman–Crippen MR) is 82.1 cm³/mol. The molecule has 0 amide bonds. The lowest BCUT2D eigenvalue weighted by molar-refractivity contribution is 0.322. The Morgan fingerprint density at radius 3 is 2.71 bits per heavy atom. The smallest absolute Gasteiger partial charge is 0.188 e. The maximum Gasteiger partial charge on any atom is 0.188 e. The van der Waals surface area contributed by atoms with Crippen LogP contribution in [0.15, 0.2) is 35.3 Å². The molecule has 0 saturated carbocycles. The molecule has 0 aliphatic heterocycles. The highest BCUT2D eigenvalue weighted by Gasteiger charge is 1.92. The van der Waals surface area contributed by atoms with E-state index in [2.05, 4.69) is 17.2 Å². The van der Waals surface area contributed by atoms with Crippen LogP contribution in [0.25, 0.3) is 0 Å². The van der Waals surface area contributed by atoms with Crippen molar-refractivity contribution in [2.75, 3.05) is 19.7 Å². The second kappa shape index (κ2) is 10.2. The van der Waals surface area contributed by atoms with Crippen molar-refractivity contribution in [1.29, 1.82) is 0 Å². The lowest BCUT2D eigenvalue weighted by atomic mass is 10.3. The second-order valence-electron chi connectivity index (χ2n) is 3.36. The van der Waals surface area contributed by atoms with Gasteiger partial charge in [0.05, 0.1) is 6.54 Å². The zero-order valence-corrected chi connectivity index (χ0v) is 12.4. The van der Waals surface area contributed by atoms with Crippen molar-refractivity contribution in [3.05, 3.63) is 30.3 Å². The molecule has 0 fully saturated rings. The van der Waals surface area contributed by atoms with E-state index in [-0.39, 0.29) is 24.0 Å². The van der Waals surface area contributed by atoms with E-state index in [9.17, 15) is 0 Å². The summed E-state index contributed by atoms with van der Waals surface area (Å²) in [5, 5.41) is 2.99. The Balaban J connectivity index is 0.00000256. The number of aliphatic imine (C=N–C) groups is 1. The number of nitrogens with zero attached hydrogens (tertiary/aromatic N) is 1. The van der Waals surface area contributed by atoms with Gasteiger partial charge in [-0.2, -0.15) is 0 Å². The normalized spacial score (nSPS) is 10.5. The Morgan fingerprint density at radius 1 is 1.35 bits per heavy atom. The summed E-state index contributed by atoms with van der Waals surface area (Å²) in [6, 6.07) is 9.70. The van der Waals surface area contributed by atoms with Gasteiger partial charge in [0, 0.05) is 6.54 Å². The number of hydrogen-bond donors (Lipinski definition) is 2. The third-order valence-corrected chi connectivity index (χ3v) is 1.93. The van der Waals surface area contributed by atoms with Crippen molar-refractivity contribution in [3.63, 3.8) is 0 Å². The highest BCUT2D eigenvalue weighted by molar-refractivity contribution is 14.0. The van der Waals surface area contributed by atoms with Crippen molar-refractivity contribution < 1.29 is 4.74 Å². The molecule has 0 unspecified atom stereocenters. The Kier molecular flexibility index (Phi) is 9.60. The highest BCUT2D eigenvalue weighted by Crippen LogP contribution is 2.07.